The van der Waals surface area contributed by atoms with Crippen molar-refractivity contribution in [3.63, 3.8) is 0 Å². The molecule has 0 amide bonds. The van der Waals surface area contributed by atoms with Gasteiger partial charge in [-0.1, -0.05) is 11.6 Å². The summed E-state index contributed by atoms with van der Waals surface area (Å²) < 4.78 is 15.5. The van der Waals surface area contributed by atoms with E-state index in [-0.39, 0.29) is 6.61 Å². The quantitative estimate of drug-likeness (QED) is 0.749. The highest BCUT2D eigenvalue weighted by Crippen LogP contribution is 2.40. The van der Waals surface area contributed by atoms with Crippen LogP contribution in [0.2, 0.25) is 5.02 Å². The number of carbonyl (C=O) groups excluding carboxylic acids is 1. The number of hydrogen-bond donors (Lipinski definition) is 1. The molecule has 1 unspecified atom stereocenters. The average molecular weight is 295 g/mol. The third-order valence-corrected chi connectivity index (χ3v) is 3.46. The van der Waals surface area contributed by atoms with Crippen LogP contribution in [0.15, 0.2) is 33.5 Å². The van der Waals surface area contributed by atoms with Gasteiger partial charge in [0.2, 0.25) is 0 Å². The predicted molar refractivity (Wildman–Crippen MR) is 72.6 cm³/mol. The standard InChI is InChI=1S/C14H11ClO5/c1-2-18-14(17)11(16)9-7-3-5-20-13(7)10(15)8-4-6-19-12(8)9/h3-6,11,16H,2H2,1H3. The Hall–Kier alpha value is -1.98. The fourth-order valence-corrected chi connectivity index (χ4v) is 2.53. The van der Waals surface area contributed by atoms with Crippen molar-refractivity contribution in [3.05, 3.63) is 35.2 Å². The molecule has 0 aliphatic heterocycles. The molecule has 0 spiro atoms. The van der Waals surface area contributed by atoms with Gasteiger partial charge < -0.3 is 18.7 Å². The van der Waals surface area contributed by atoms with E-state index < -0.39 is 12.1 Å². The van der Waals surface area contributed by atoms with Crippen molar-refractivity contribution in [3.8, 4) is 0 Å². The van der Waals surface area contributed by atoms with Crippen LogP contribution in [0.3, 0.4) is 0 Å². The van der Waals surface area contributed by atoms with Crippen LogP contribution in [0.5, 0.6) is 0 Å². The van der Waals surface area contributed by atoms with Crippen molar-refractivity contribution in [1.29, 1.82) is 0 Å². The van der Waals surface area contributed by atoms with Crippen LogP contribution in [-0.4, -0.2) is 17.7 Å². The Kier molecular flexibility index (Phi) is 3.16. The van der Waals surface area contributed by atoms with E-state index in [9.17, 15) is 9.90 Å². The van der Waals surface area contributed by atoms with Gasteiger partial charge in [0.1, 0.15) is 5.58 Å². The number of furan rings is 2. The SMILES string of the molecule is CCOC(=O)C(O)c1c2ccoc2c(Cl)c2ccoc12. The minimum absolute atomic E-state index is 0.180. The maximum atomic E-state index is 11.8. The molecule has 0 aliphatic rings. The Labute approximate surface area is 118 Å². The molecule has 3 aromatic rings. The molecule has 0 radical (unpaired) electrons. The average Bonchev–Trinajstić information content (AvgIpc) is 3.07. The number of hydrogen-bond acceptors (Lipinski definition) is 5. The van der Waals surface area contributed by atoms with Gasteiger partial charge >= 0.3 is 5.97 Å². The van der Waals surface area contributed by atoms with Gasteiger partial charge in [-0.25, -0.2) is 4.79 Å². The van der Waals surface area contributed by atoms with Crippen molar-refractivity contribution in [2.75, 3.05) is 6.61 Å². The van der Waals surface area contributed by atoms with Crippen molar-refractivity contribution >= 4 is 39.5 Å². The summed E-state index contributed by atoms with van der Waals surface area (Å²) in [5, 5.41) is 11.7. The van der Waals surface area contributed by atoms with Crippen molar-refractivity contribution in [2.45, 2.75) is 13.0 Å². The van der Waals surface area contributed by atoms with Crippen LogP contribution in [0.25, 0.3) is 21.9 Å². The molecule has 0 bridgehead atoms. The van der Waals surface area contributed by atoms with Gasteiger partial charge in [-0.2, -0.15) is 0 Å². The van der Waals surface area contributed by atoms with Crippen molar-refractivity contribution < 1.29 is 23.5 Å². The highest BCUT2D eigenvalue weighted by molar-refractivity contribution is 6.40. The van der Waals surface area contributed by atoms with E-state index in [1.54, 1.807) is 19.1 Å². The third kappa shape index (κ3) is 1.78. The zero-order valence-corrected chi connectivity index (χ0v) is 11.3. The van der Waals surface area contributed by atoms with E-state index >= 15 is 0 Å². The van der Waals surface area contributed by atoms with Gasteiger partial charge in [0.15, 0.2) is 11.7 Å². The number of benzene rings is 1. The molecule has 0 aliphatic carbocycles. The largest absolute Gasteiger partial charge is 0.464 e. The van der Waals surface area contributed by atoms with Crippen LogP contribution < -0.4 is 0 Å². The Morgan fingerprint density at radius 1 is 1.30 bits per heavy atom. The van der Waals surface area contributed by atoms with Crippen molar-refractivity contribution in [2.24, 2.45) is 0 Å². The molecule has 2 heterocycles. The lowest BCUT2D eigenvalue weighted by molar-refractivity contribution is -0.153. The fourth-order valence-electron chi connectivity index (χ4n) is 2.24. The fraction of sp³-hybridized carbons (Fsp3) is 0.214. The predicted octanol–water partition coefficient (Wildman–Crippen LogP) is 3.43. The number of aliphatic hydroxyl groups is 1. The Bertz CT molecular complexity index is 734. The highest BCUT2D eigenvalue weighted by Gasteiger charge is 2.28. The summed E-state index contributed by atoms with van der Waals surface area (Å²) in [5.41, 5.74) is 1.06. The van der Waals surface area contributed by atoms with Crippen LogP contribution in [0.4, 0.5) is 0 Å². The number of halogens is 1. The Morgan fingerprint density at radius 3 is 2.65 bits per heavy atom. The van der Waals surface area contributed by atoms with Gasteiger partial charge in [-0.3, -0.25) is 0 Å². The van der Waals surface area contributed by atoms with E-state index in [2.05, 4.69) is 0 Å². The lowest BCUT2D eigenvalue weighted by Crippen LogP contribution is -2.15. The number of fused-ring (bicyclic) bond motifs is 2. The van der Waals surface area contributed by atoms with Gasteiger partial charge in [-0.15, -0.1) is 0 Å². The molecule has 1 atom stereocenters. The molecular formula is C14H11ClO5. The molecule has 1 aromatic carbocycles. The van der Waals surface area contributed by atoms with Gasteiger partial charge in [-0.05, 0) is 19.1 Å². The summed E-state index contributed by atoms with van der Waals surface area (Å²) in [5.74, 6) is -0.741. The highest BCUT2D eigenvalue weighted by atomic mass is 35.5. The van der Waals surface area contributed by atoms with Crippen LogP contribution in [0.1, 0.15) is 18.6 Å². The summed E-state index contributed by atoms with van der Waals surface area (Å²) in [6.07, 6.45) is 1.43. The van der Waals surface area contributed by atoms with E-state index in [1.165, 1.54) is 12.5 Å². The first-order valence-electron chi connectivity index (χ1n) is 6.05. The minimum atomic E-state index is -1.46. The molecule has 6 heteroatoms. The first-order chi connectivity index (χ1) is 9.65. The van der Waals surface area contributed by atoms with E-state index in [1.807, 2.05) is 0 Å². The third-order valence-electron chi connectivity index (χ3n) is 3.08. The van der Waals surface area contributed by atoms with E-state index in [4.69, 9.17) is 25.2 Å². The molecule has 0 saturated heterocycles. The zero-order valence-electron chi connectivity index (χ0n) is 10.6. The second-order valence-electron chi connectivity index (χ2n) is 4.21. The molecule has 2 aromatic heterocycles. The van der Waals surface area contributed by atoms with Gasteiger partial charge in [0, 0.05) is 16.3 Å². The van der Waals surface area contributed by atoms with Crippen LogP contribution in [0, 0.1) is 0 Å². The second-order valence-corrected chi connectivity index (χ2v) is 4.59. The number of ether oxygens (including phenoxy) is 1. The minimum Gasteiger partial charge on any atom is -0.464 e. The van der Waals surface area contributed by atoms with Crippen LogP contribution >= 0.6 is 11.6 Å². The van der Waals surface area contributed by atoms with Gasteiger partial charge in [0.25, 0.3) is 0 Å². The molecule has 20 heavy (non-hydrogen) atoms. The summed E-state index contributed by atoms with van der Waals surface area (Å²) in [7, 11) is 0. The topological polar surface area (TPSA) is 72.8 Å². The number of carbonyl (C=O) groups is 1. The normalized spacial score (nSPS) is 12.9. The second kappa shape index (κ2) is 4.85. The smallest absolute Gasteiger partial charge is 0.339 e. The van der Waals surface area contributed by atoms with Gasteiger partial charge in [0.05, 0.1) is 24.2 Å². The number of rotatable bonds is 3. The van der Waals surface area contributed by atoms with Crippen molar-refractivity contribution in [1.82, 2.24) is 0 Å². The summed E-state index contributed by atoms with van der Waals surface area (Å²) in [6, 6.07) is 3.28. The molecule has 0 fully saturated rings. The van der Waals surface area contributed by atoms with E-state index in [0.29, 0.717) is 32.5 Å². The maximum Gasteiger partial charge on any atom is 0.339 e. The molecular weight excluding hydrogens is 284 g/mol. The Balaban J connectivity index is 2.31. The summed E-state index contributed by atoms with van der Waals surface area (Å²) in [4.78, 5) is 11.8. The lowest BCUT2D eigenvalue weighted by Gasteiger charge is -2.12. The van der Waals surface area contributed by atoms with E-state index in [0.717, 1.165) is 0 Å². The molecule has 3 rings (SSSR count). The summed E-state index contributed by atoms with van der Waals surface area (Å²) >= 11 is 6.22. The summed E-state index contributed by atoms with van der Waals surface area (Å²) in [6.45, 7) is 1.85. The molecule has 0 saturated carbocycles. The first-order valence-corrected chi connectivity index (χ1v) is 6.43. The Morgan fingerprint density at radius 2 is 1.95 bits per heavy atom. The zero-order chi connectivity index (χ0) is 14.3. The molecule has 5 nitrogen and oxygen atoms in total. The molecule has 104 valence electrons. The van der Waals surface area contributed by atoms with Crippen LogP contribution in [-0.2, 0) is 9.53 Å². The lowest BCUT2D eigenvalue weighted by atomic mass is 10.0. The maximum absolute atomic E-state index is 11.8. The monoisotopic (exact) mass is 294 g/mol. The molecule has 1 N–H and O–H groups in total. The number of esters is 1. The first kappa shape index (κ1) is 13.0. The number of aliphatic hydroxyl groups excluding tert-OH is 1.